The maximum atomic E-state index is 11.6. The van der Waals surface area contributed by atoms with Gasteiger partial charge in [0.15, 0.2) is 0 Å². The van der Waals surface area contributed by atoms with E-state index in [9.17, 15) is 4.79 Å². The lowest BCUT2D eigenvalue weighted by Crippen LogP contribution is -2.24. The van der Waals surface area contributed by atoms with E-state index in [0.29, 0.717) is 18.0 Å². The van der Waals surface area contributed by atoms with Gasteiger partial charge in [-0.25, -0.2) is 4.98 Å². The van der Waals surface area contributed by atoms with Crippen LogP contribution in [-0.4, -0.2) is 24.0 Å². The van der Waals surface area contributed by atoms with Crippen molar-refractivity contribution in [3.63, 3.8) is 0 Å². The van der Waals surface area contributed by atoms with E-state index >= 15 is 0 Å². The molecule has 0 saturated carbocycles. The third-order valence-corrected chi connectivity index (χ3v) is 2.59. The summed E-state index contributed by atoms with van der Waals surface area (Å²) in [6.07, 6.45) is 3.66. The smallest absolute Gasteiger partial charge is 0.252 e. The maximum Gasteiger partial charge on any atom is 0.252 e. The lowest BCUT2D eigenvalue weighted by molar-refractivity contribution is 0.0953. The Balaban J connectivity index is 2.44. The van der Waals surface area contributed by atoms with Crippen LogP contribution in [-0.2, 0) is 0 Å². The lowest BCUT2D eigenvalue weighted by atomic mass is 10.1. The van der Waals surface area contributed by atoms with Crippen LogP contribution < -0.4 is 10.6 Å². The molecule has 0 radical (unpaired) electrons. The maximum absolute atomic E-state index is 11.6. The second-order valence-corrected chi connectivity index (χ2v) is 4.80. The fraction of sp³-hybridized carbons (Fsp3) is 0.571. The minimum atomic E-state index is -0.0573. The molecule has 0 atom stereocenters. The molecule has 1 amide bonds. The van der Waals surface area contributed by atoms with E-state index < -0.39 is 0 Å². The summed E-state index contributed by atoms with van der Waals surface area (Å²) in [5.74, 6) is 1.44. The van der Waals surface area contributed by atoms with Gasteiger partial charge in [0.05, 0.1) is 5.56 Å². The first-order chi connectivity index (χ1) is 8.63. The molecule has 0 aliphatic carbocycles. The Bertz CT molecular complexity index is 360. The minimum absolute atomic E-state index is 0.0573. The highest BCUT2D eigenvalue weighted by Gasteiger charge is 2.04. The van der Waals surface area contributed by atoms with Crippen LogP contribution in [0.5, 0.6) is 0 Å². The highest BCUT2D eigenvalue weighted by atomic mass is 16.1. The SMILES string of the molecule is CCCNC(=O)c1ccc(NCCC(C)C)nc1. The van der Waals surface area contributed by atoms with Crippen LogP contribution in [0.25, 0.3) is 0 Å². The zero-order chi connectivity index (χ0) is 13.4. The molecule has 0 aliphatic heterocycles. The predicted molar refractivity (Wildman–Crippen MR) is 74.8 cm³/mol. The summed E-state index contributed by atoms with van der Waals surface area (Å²) in [5.41, 5.74) is 0.609. The molecule has 0 aliphatic rings. The van der Waals surface area contributed by atoms with Gasteiger partial charge in [-0.3, -0.25) is 4.79 Å². The summed E-state index contributed by atoms with van der Waals surface area (Å²) in [7, 11) is 0. The van der Waals surface area contributed by atoms with E-state index in [-0.39, 0.29) is 5.91 Å². The largest absolute Gasteiger partial charge is 0.370 e. The van der Waals surface area contributed by atoms with Gasteiger partial charge in [0.2, 0.25) is 0 Å². The molecular weight excluding hydrogens is 226 g/mol. The van der Waals surface area contributed by atoms with Crippen LogP contribution in [0.3, 0.4) is 0 Å². The summed E-state index contributed by atoms with van der Waals surface area (Å²) in [6, 6.07) is 3.65. The van der Waals surface area contributed by atoms with Crippen LogP contribution in [0, 0.1) is 5.92 Å². The minimum Gasteiger partial charge on any atom is -0.370 e. The van der Waals surface area contributed by atoms with Crippen molar-refractivity contribution in [2.75, 3.05) is 18.4 Å². The van der Waals surface area contributed by atoms with Gasteiger partial charge in [-0.05, 0) is 30.9 Å². The molecule has 1 heterocycles. The zero-order valence-electron chi connectivity index (χ0n) is 11.5. The van der Waals surface area contributed by atoms with E-state index in [1.165, 1.54) is 0 Å². The molecule has 0 unspecified atom stereocenters. The fourth-order valence-electron chi connectivity index (χ4n) is 1.46. The lowest BCUT2D eigenvalue weighted by Gasteiger charge is -2.08. The zero-order valence-corrected chi connectivity index (χ0v) is 11.5. The molecule has 18 heavy (non-hydrogen) atoms. The predicted octanol–water partition coefficient (Wildman–Crippen LogP) is 2.68. The Morgan fingerprint density at radius 2 is 2.11 bits per heavy atom. The van der Waals surface area contributed by atoms with Crippen LogP contribution in [0.15, 0.2) is 18.3 Å². The highest BCUT2D eigenvalue weighted by molar-refractivity contribution is 5.93. The number of aromatic nitrogens is 1. The van der Waals surface area contributed by atoms with E-state index in [1.54, 1.807) is 12.3 Å². The molecule has 0 fully saturated rings. The first-order valence-electron chi connectivity index (χ1n) is 6.61. The Morgan fingerprint density at radius 1 is 1.33 bits per heavy atom. The van der Waals surface area contributed by atoms with Crippen molar-refractivity contribution >= 4 is 11.7 Å². The van der Waals surface area contributed by atoms with Gasteiger partial charge in [-0.15, -0.1) is 0 Å². The van der Waals surface area contributed by atoms with Crippen molar-refractivity contribution < 1.29 is 4.79 Å². The molecule has 1 aromatic heterocycles. The van der Waals surface area contributed by atoms with Gasteiger partial charge in [0.25, 0.3) is 5.91 Å². The van der Waals surface area contributed by atoms with Gasteiger partial charge in [-0.1, -0.05) is 20.8 Å². The number of carbonyl (C=O) groups excluding carboxylic acids is 1. The number of nitrogens with zero attached hydrogens (tertiary/aromatic N) is 1. The first kappa shape index (κ1) is 14.5. The van der Waals surface area contributed by atoms with E-state index in [1.807, 2.05) is 13.0 Å². The number of pyridine rings is 1. The average molecular weight is 249 g/mol. The van der Waals surface area contributed by atoms with Crippen molar-refractivity contribution in [2.24, 2.45) is 5.92 Å². The normalized spacial score (nSPS) is 10.4. The number of carbonyl (C=O) groups is 1. The Kier molecular flexibility index (Phi) is 6.19. The van der Waals surface area contributed by atoms with Crippen LogP contribution in [0.2, 0.25) is 0 Å². The molecule has 2 N–H and O–H groups in total. The molecule has 100 valence electrons. The summed E-state index contributed by atoms with van der Waals surface area (Å²) in [6.45, 7) is 8.02. The molecule has 0 aromatic carbocycles. The number of rotatable bonds is 7. The third-order valence-electron chi connectivity index (χ3n) is 2.59. The third kappa shape index (κ3) is 5.17. The van der Waals surface area contributed by atoms with E-state index in [2.05, 4.69) is 29.5 Å². The standard InChI is InChI=1S/C14H23N3O/c1-4-8-16-14(18)12-5-6-13(17-10-12)15-9-7-11(2)3/h5-6,10-11H,4,7-9H2,1-3H3,(H,15,17)(H,16,18). The summed E-state index contributed by atoms with van der Waals surface area (Å²) < 4.78 is 0. The molecular formula is C14H23N3O. The van der Waals surface area contributed by atoms with Gasteiger partial charge in [0, 0.05) is 19.3 Å². The Morgan fingerprint density at radius 3 is 2.67 bits per heavy atom. The first-order valence-corrected chi connectivity index (χ1v) is 6.61. The average Bonchev–Trinajstić information content (AvgIpc) is 2.36. The number of hydrogen-bond donors (Lipinski definition) is 2. The second kappa shape index (κ2) is 7.69. The summed E-state index contributed by atoms with van der Waals surface area (Å²) >= 11 is 0. The van der Waals surface area contributed by atoms with Gasteiger partial charge in [0.1, 0.15) is 5.82 Å². The van der Waals surface area contributed by atoms with Gasteiger partial charge in [-0.2, -0.15) is 0 Å². The van der Waals surface area contributed by atoms with Crippen molar-refractivity contribution in [3.05, 3.63) is 23.9 Å². The number of nitrogens with one attached hydrogen (secondary N) is 2. The molecule has 4 heteroatoms. The number of hydrogen-bond acceptors (Lipinski definition) is 3. The second-order valence-electron chi connectivity index (χ2n) is 4.80. The Labute approximate surface area is 109 Å². The monoisotopic (exact) mass is 249 g/mol. The number of anilines is 1. The molecule has 0 saturated heterocycles. The van der Waals surface area contributed by atoms with Crippen molar-refractivity contribution in [2.45, 2.75) is 33.6 Å². The summed E-state index contributed by atoms with van der Waals surface area (Å²) in [5, 5.41) is 6.07. The van der Waals surface area contributed by atoms with Crippen LogP contribution in [0.4, 0.5) is 5.82 Å². The van der Waals surface area contributed by atoms with Crippen LogP contribution >= 0.6 is 0 Å². The van der Waals surface area contributed by atoms with E-state index in [0.717, 1.165) is 25.2 Å². The van der Waals surface area contributed by atoms with Crippen molar-refractivity contribution in [1.29, 1.82) is 0 Å². The fourth-order valence-corrected chi connectivity index (χ4v) is 1.46. The quantitative estimate of drug-likeness (QED) is 0.781. The van der Waals surface area contributed by atoms with Crippen molar-refractivity contribution in [3.8, 4) is 0 Å². The topological polar surface area (TPSA) is 54.0 Å². The van der Waals surface area contributed by atoms with Gasteiger partial charge < -0.3 is 10.6 Å². The number of amides is 1. The highest BCUT2D eigenvalue weighted by Crippen LogP contribution is 2.06. The molecule has 1 aromatic rings. The molecule has 4 nitrogen and oxygen atoms in total. The van der Waals surface area contributed by atoms with E-state index in [4.69, 9.17) is 0 Å². The molecule has 0 bridgehead atoms. The van der Waals surface area contributed by atoms with Gasteiger partial charge >= 0.3 is 0 Å². The molecule has 0 spiro atoms. The molecule has 1 rings (SSSR count). The van der Waals surface area contributed by atoms with Crippen molar-refractivity contribution in [1.82, 2.24) is 10.3 Å². The Hall–Kier alpha value is -1.58. The summed E-state index contributed by atoms with van der Waals surface area (Å²) in [4.78, 5) is 15.9. The van der Waals surface area contributed by atoms with Crippen LogP contribution in [0.1, 0.15) is 44.0 Å².